The Kier molecular flexibility index (Phi) is 5.15. The summed E-state index contributed by atoms with van der Waals surface area (Å²) >= 11 is 0. The lowest BCUT2D eigenvalue weighted by Crippen LogP contribution is -1.70. The van der Waals surface area contributed by atoms with E-state index in [1.807, 2.05) is 13.8 Å². The molecule has 2 N–H and O–H groups in total. The quantitative estimate of drug-likeness (QED) is 0.530. The second-order valence-corrected chi connectivity index (χ2v) is 3.04. The molecular weight excluding hydrogens is 176 g/mol. The molecule has 0 amide bonds. The molecule has 0 atom stereocenters. The fourth-order valence-electron chi connectivity index (χ4n) is 0.633. The van der Waals surface area contributed by atoms with Gasteiger partial charge in [-0.25, -0.2) is 0 Å². The molecular formula is C12H16O2. The van der Waals surface area contributed by atoms with E-state index in [1.54, 1.807) is 12.1 Å². The van der Waals surface area contributed by atoms with Gasteiger partial charge in [0.25, 0.3) is 0 Å². The van der Waals surface area contributed by atoms with E-state index in [4.69, 9.17) is 10.2 Å². The molecule has 0 saturated heterocycles. The van der Waals surface area contributed by atoms with Gasteiger partial charge in [-0.1, -0.05) is 30.9 Å². The van der Waals surface area contributed by atoms with Crippen LogP contribution in [0.1, 0.15) is 12.5 Å². The molecule has 2 nitrogen and oxygen atoms in total. The molecule has 0 saturated carbocycles. The van der Waals surface area contributed by atoms with Crippen LogP contribution < -0.4 is 0 Å². The van der Waals surface area contributed by atoms with E-state index in [9.17, 15) is 0 Å². The van der Waals surface area contributed by atoms with Crippen LogP contribution >= 0.6 is 0 Å². The Labute approximate surface area is 84.8 Å². The van der Waals surface area contributed by atoms with Crippen LogP contribution in [0.3, 0.4) is 0 Å². The van der Waals surface area contributed by atoms with Gasteiger partial charge in [0.1, 0.15) is 0 Å². The Balaban J connectivity index is 0.000000292. The lowest BCUT2D eigenvalue weighted by molar-refractivity contribution is 0.403. The number of phenolic OH excluding ortho intramolecular Hbond substituents is 2. The summed E-state index contributed by atoms with van der Waals surface area (Å²) in [5.74, 6) is -0.129. The van der Waals surface area contributed by atoms with E-state index < -0.39 is 0 Å². The molecule has 0 aliphatic heterocycles. The summed E-state index contributed by atoms with van der Waals surface area (Å²) in [7, 11) is 0. The molecule has 1 aromatic rings. The molecule has 0 aromatic heterocycles. The van der Waals surface area contributed by atoms with Gasteiger partial charge < -0.3 is 10.2 Å². The van der Waals surface area contributed by atoms with E-state index in [1.165, 1.54) is 12.1 Å². The van der Waals surface area contributed by atoms with Gasteiger partial charge in [-0.05, 0) is 31.5 Å². The Hall–Kier alpha value is -1.70. The lowest BCUT2D eigenvalue weighted by Gasteiger charge is -1.95. The first kappa shape index (κ1) is 12.3. The summed E-state index contributed by atoms with van der Waals surface area (Å²) < 4.78 is 0. The average Bonchev–Trinajstić information content (AvgIpc) is 2.13. The minimum atomic E-state index is -0.0689. The predicted molar refractivity (Wildman–Crippen MR) is 59.5 cm³/mol. The summed E-state index contributed by atoms with van der Waals surface area (Å²) in [6.45, 7) is 10.8. The second-order valence-electron chi connectivity index (χ2n) is 3.04. The molecule has 14 heavy (non-hydrogen) atoms. The highest BCUT2D eigenvalue weighted by atomic mass is 16.3. The first-order valence-corrected chi connectivity index (χ1v) is 4.24. The van der Waals surface area contributed by atoms with Gasteiger partial charge in [0.15, 0.2) is 11.5 Å². The summed E-state index contributed by atoms with van der Waals surface area (Å²) in [6, 6.07) is 4.70. The largest absolute Gasteiger partial charge is 0.504 e. The zero-order chi connectivity index (χ0) is 11.1. The maximum Gasteiger partial charge on any atom is 0.157 e. The lowest BCUT2D eigenvalue weighted by atomic mass is 10.2. The van der Waals surface area contributed by atoms with Crippen LogP contribution in [-0.4, -0.2) is 10.2 Å². The maximum absolute atomic E-state index is 8.85. The molecule has 0 spiro atoms. The van der Waals surface area contributed by atoms with Gasteiger partial charge in [0, 0.05) is 0 Å². The van der Waals surface area contributed by atoms with E-state index in [0.29, 0.717) is 0 Å². The number of aryl methyl sites for hydroxylation is 1. The molecule has 0 heterocycles. The van der Waals surface area contributed by atoms with Crippen LogP contribution in [0, 0.1) is 6.92 Å². The Morgan fingerprint density at radius 1 is 1.29 bits per heavy atom. The highest BCUT2D eigenvalue weighted by molar-refractivity contribution is 5.39. The SMILES string of the molecule is C=CC(=C)C.Cc1ccc(O)c(O)c1. The summed E-state index contributed by atoms with van der Waals surface area (Å²) in [5.41, 5.74) is 1.95. The molecule has 2 heteroatoms. The first-order chi connectivity index (χ1) is 6.47. The van der Waals surface area contributed by atoms with Crippen molar-refractivity contribution in [2.75, 3.05) is 0 Å². The van der Waals surface area contributed by atoms with Crippen molar-refractivity contribution >= 4 is 0 Å². The van der Waals surface area contributed by atoms with Crippen molar-refractivity contribution in [3.63, 3.8) is 0 Å². The summed E-state index contributed by atoms with van der Waals surface area (Å²) in [4.78, 5) is 0. The molecule has 0 fully saturated rings. The molecule has 76 valence electrons. The smallest absolute Gasteiger partial charge is 0.157 e. The molecule has 0 aliphatic carbocycles. The molecule has 0 radical (unpaired) electrons. The molecule has 0 unspecified atom stereocenters. The van der Waals surface area contributed by atoms with Crippen molar-refractivity contribution in [1.29, 1.82) is 0 Å². The van der Waals surface area contributed by atoms with Crippen molar-refractivity contribution in [1.82, 2.24) is 0 Å². The third kappa shape index (κ3) is 5.04. The standard InChI is InChI=1S/C7H8O2.C5H8/c1-5-2-3-6(8)7(9)4-5;1-4-5(2)3/h2-4,8-9H,1H3;4H,1-2H2,3H3. The summed E-state index contributed by atoms with van der Waals surface area (Å²) in [6.07, 6.45) is 1.72. The van der Waals surface area contributed by atoms with Crippen LogP contribution in [0.25, 0.3) is 0 Å². The maximum atomic E-state index is 8.85. The Morgan fingerprint density at radius 3 is 2.07 bits per heavy atom. The predicted octanol–water partition coefficient (Wildman–Crippen LogP) is 3.15. The van der Waals surface area contributed by atoms with Gasteiger partial charge in [-0.2, -0.15) is 0 Å². The average molecular weight is 192 g/mol. The normalized spacial score (nSPS) is 8.43. The first-order valence-electron chi connectivity index (χ1n) is 4.24. The van der Waals surface area contributed by atoms with Crippen LogP contribution in [0.4, 0.5) is 0 Å². The van der Waals surface area contributed by atoms with Gasteiger partial charge in [-0.3, -0.25) is 0 Å². The third-order valence-corrected chi connectivity index (χ3v) is 1.48. The number of rotatable bonds is 1. The van der Waals surface area contributed by atoms with E-state index in [0.717, 1.165) is 11.1 Å². The third-order valence-electron chi connectivity index (χ3n) is 1.48. The molecule has 1 rings (SSSR count). The van der Waals surface area contributed by atoms with Crippen LogP contribution in [0.5, 0.6) is 11.5 Å². The van der Waals surface area contributed by atoms with Crippen LogP contribution in [-0.2, 0) is 0 Å². The second kappa shape index (κ2) is 5.86. The minimum Gasteiger partial charge on any atom is -0.504 e. The van der Waals surface area contributed by atoms with E-state index in [2.05, 4.69) is 13.2 Å². The molecule has 1 aromatic carbocycles. The van der Waals surface area contributed by atoms with Crippen molar-refractivity contribution in [2.45, 2.75) is 13.8 Å². The number of hydrogen-bond acceptors (Lipinski definition) is 2. The zero-order valence-corrected chi connectivity index (χ0v) is 8.62. The fourth-order valence-corrected chi connectivity index (χ4v) is 0.633. The monoisotopic (exact) mass is 192 g/mol. The van der Waals surface area contributed by atoms with Crippen LogP contribution in [0.15, 0.2) is 43.0 Å². The number of allylic oxidation sites excluding steroid dienone is 2. The van der Waals surface area contributed by atoms with Crippen molar-refractivity contribution < 1.29 is 10.2 Å². The Bertz CT molecular complexity index is 327. The fraction of sp³-hybridized carbons (Fsp3) is 0.167. The topological polar surface area (TPSA) is 40.5 Å². The molecule has 0 bridgehead atoms. The Morgan fingerprint density at radius 2 is 1.79 bits per heavy atom. The van der Waals surface area contributed by atoms with E-state index >= 15 is 0 Å². The van der Waals surface area contributed by atoms with Gasteiger partial charge in [0.2, 0.25) is 0 Å². The number of phenols is 2. The van der Waals surface area contributed by atoms with Gasteiger partial charge >= 0.3 is 0 Å². The van der Waals surface area contributed by atoms with Crippen LogP contribution in [0.2, 0.25) is 0 Å². The number of hydrogen-bond donors (Lipinski definition) is 2. The van der Waals surface area contributed by atoms with Crippen molar-refractivity contribution in [3.05, 3.63) is 48.6 Å². The number of aromatic hydroxyl groups is 2. The molecule has 0 aliphatic rings. The highest BCUT2D eigenvalue weighted by Gasteiger charge is 1.94. The highest BCUT2D eigenvalue weighted by Crippen LogP contribution is 2.23. The van der Waals surface area contributed by atoms with Crippen molar-refractivity contribution in [2.24, 2.45) is 0 Å². The van der Waals surface area contributed by atoms with Gasteiger partial charge in [0.05, 0.1) is 0 Å². The number of benzene rings is 1. The minimum absolute atomic E-state index is 0.0602. The summed E-state index contributed by atoms with van der Waals surface area (Å²) in [5, 5.41) is 17.6. The van der Waals surface area contributed by atoms with E-state index in [-0.39, 0.29) is 11.5 Å². The van der Waals surface area contributed by atoms with Gasteiger partial charge in [-0.15, -0.1) is 0 Å². The van der Waals surface area contributed by atoms with Crippen molar-refractivity contribution in [3.8, 4) is 11.5 Å². The zero-order valence-electron chi connectivity index (χ0n) is 8.62.